The molecule has 0 saturated heterocycles. The molecule has 0 fully saturated rings. The Morgan fingerprint density at radius 2 is 1.80 bits per heavy atom. The van der Waals surface area contributed by atoms with Crippen molar-refractivity contribution < 1.29 is 19.0 Å². The molecule has 0 unspecified atom stereocenters. The van der Waals surface area contributed by atoms with Crippen LogP contribution in [0.25, 0.3) is 22.5 Å². The molecule has 0 radical (unpaired) electrons. The van der Waals surface area contributed by atoms with Crippen LogP contribution in [0.2, 0.25) is 0 Å². The molecule has 2 heterocycles. The molecule has 2 N–H and O–H groups in total. The first-order valence-electron chi connectivity index (χ1n) is 6.04. The molecule has 0 aliphatic rings. The number of rotatable bonds is 1. The Bertz CT molecular complexity index is 870. The van der Waals surface area contributed by atoms with Crippen molar-refractivity contribution in [2.24, 2.45) is 0 Å². The lowest BCUT2D eigenvalue weighted by Crippen LogP contribution is -2.05. The number of phenolic OH excluding ortho intramolecular Hbond substituents is 1. The summed E-state index contributed by atoms with van der Waals surface area (Å²) in [6.45, 7) is 3.12. The Labute approximate surface area is 113 Å². The molecule has 2 aromatic heterocycles. The zero-order valence-corrected chi connectivity index (χ0v) is 10.9. The average molecular weight is 272 g/mol. The van der Waals surface area contributed by atoms with E-state index >= 15 is 0 Å². The lowest BCUT2D eigenvalue weighted by molar-refractivity contribution is 0.431. The molecule has 0 aliphatic heterocycles. The summed E-state index contributed by atoms with van der Waals surface area (Å²) in [6, 6.07) is 6.61. The van der Waals surface area contributed by atoms with Crippen LogP contribution in [-0.4, -0.2) is 10.2 Å². The maximum atomic E-state index is 11.7. The van der Waals surface area contributed by atoms with Crippen LogP contribution >= 0.6 is 0 Å². The molecule has 0 bridgehead atoms. The van der Waals surface area contributed by atoms with Crippen LogP contribution in [-0.2, 0) is 0 Å². The summed E-state index contributed by atoms with van der Waals surface area (Å²) in [5.41, 5.74) is 0.267. The summed E-state index contributed by atoms with van der Waals surface area (Å²) in [5, 5.41) is 20.3. The second-order valence-electron chi connectivity index (χ2n) is 4.62. The molecule has 1 aromatic carbocycles. The van der Waals surface area contributed by atoms with E-state index in [0.29, 0.717) is 16.5 Å². The van der Waals surface area contributed by atoms with Crippen LogP contribution in [0, 0.1) is 13.8 Å². The van der Waals surface area contributed by atoms with Gasteiger partial charge in [0.15, 0.2) is 22.9 Å². The molecule has 0 saturated carbocycles. The van der Waals surface area contributed by atoms with Gasteiger partial charge in [0.05, 0.1) is 5.56 Å². The van der Waals surface area contributed by atoms with Gasteiger partial charge < -0.3 is 19.0 Å². The van der Waals surface area contributed by atoms with Gasteiger partial charge in [-0.05, 0) is 26.0 Å². The number of furan rings is 1. The molecule has 102 valence electrons. The van der Waals surface area contributed by atoms with Crippen molar-refractivity contribution in [1.29, 1.82) is 0 Å². The molecule has 0 spiro atoms. The maximum absolute atomic E-state index is 11.7. The van der Waals surface area contributed by atoms with E-state index in [-0.39, 0.29) is 28.6 Å². The van der Waals surface area contributed by atoms with E-state index in [1.807, 2.05) is 0 Å². The molecular formula is C15H12O5. The second-order valence-corrected chi connectivity index (χ2v) is 4.62. The standard InChI is InChI=1S/C15H12O5/c1-7-12(17)8(2)15(18)20-13(7)11-6-9-4-3-5-10(16)14(9)19-11/h3-6,16-17H,1-2H3. The molecule has 3 aromatic rings. The summed E-state index contributed by atoms with van der Waals surface area (Å²) >= 11 is 0. The van der Waals surface area contributed by atoms with Crippen LogP contribution in [0.5, 0.6) is 11.5 Å². The van der Waals surface area contributed by atoms with Gasteiger partial charge in [0, 0.05) is 10.9 Å². The zero-order chi connectivity index (χ0) is 14.4. The van der Waals surface area contributed by atoms with Crippen molar-refractivity contribution in [2.75, 3.05) is 0 Å². The average Bonchev–Trinajstić information content (AvgIpc) is 2.86. The topological polar surface area (TPSA) is 83.8 Å². The van der Waals surface area contributed by atoms with Crippen molar-refractivity contribution in [3.8, 4) is 23.0 Å². The van der Waals surface area contributed by atoms with Crippen LogP contribution in [0.4, 0.5) is 0 Å². The minimum absolute atomic E-state index is 0.00471. The Morgan fingerprint density at radius 1 is 1.05 bits per heavy atom. The molecule has 0 aliphatic carbocycles. The quantitative estimate of drug-likeness (QED) is 0.711. The van der Waals surface area contributed by atoms with Gasteiger partial charge in [0.1, 0.15) is 5.75 Å². The molecule has 5 heteroatoms. The Morgan fingerprint density at radius 3 is 2.50 bits per heavy atom. The highest BCUT2D eigenvalue weighted by Gasteiger charge is 2.18. The summed E-state index contributed by atoms with van der Waals surface area (Å²) < 4.78 is 10.7. The number of hydrogen-bond acceptors (Lipinski definition) is 5. The number of fused-ring (bicyclic) bond motifs is 1. The van der Waals surface area contributed by atoms with Crippen molar-refractivity contribution in [3.05, 3.63) is 45.8 Å². The van der Waals surface area contributed by atoms with E-state index in [4.69, 9.17) is 8.83 Å². The van der Waals surface area contributed by atoms with Gasteiger partial charge in [-0.2, -0.15) is 0 Å². The van der Waals surface area contributed by atoms with Crippen molar-refractivity contribution in [1.82, 2.24) is 0 Å². The fraction of sp³-hybridized carbons (Fsp3) is 0.133. The molecule has 3 rings (SSSR count). The van der Waals surface area contributed by atoms with Crippen molar-refractivity contribution in [3.63, 3.8) is 0 Å². The lowest BCUT2D eigenvalue weighted by Gasteiger charge is -2.05. The van der Waals surface area contributed by atoms with Crippen LogP contribution < -0.4 is 5.63 Å². The summed E-state index contributed by atoms with van der Waals surface area (Å²) in [5.74, 6) is 0.339. The largest absolute Gasteiger partial charge is 0.507 e. The maximum Gasteiger partial charge on any atom is 0.343 e. The fourth-order valence-electron chi connectivity index (χ4n) is 2.13. The molecule has 5 nitrogen and oxygen atoms in total. The number of aromatic hydroxyl groups is 2. The van der Waals surface area contributed by atoms with Crippen LogP contribution in [0.1, 0.15) is 11.1 Å². The zero-order valence-electron chi connectivity index (χ0n) is 10.9. The number of para-hydroxylation sites is 1. The molecule has 0 atom stereocenters. The van der Waals surface area contributed by atoms with E-state index in [2.05, 4.69) is 0 Å². The summed E-state index contributed by atoms with van der Waals surface area (Å²) in [4.78, 5) is 11.7. The highest BCUT2D eigenvalue weighted by molar-refractivity contribution is 5.86. The van der Waals surface area contributed by atoms with E-state index in [1.165, 1.54) is 13.0 Å². The van der Waals surface area contributed by atoms with Gasteiger partial charge >= 0.3 is 5.63 Å². The van der Waals surface area contributed by atoms with Gasteiger partial charge in [-0.15, -0.1) is 0 Å². The SMILES string of the molecule is Cc1c(-c2cc3cccc(O)c3o2)oc(=O)c(C)c1O. The highest BCUT2D eigenvalue weighted by Crippen LogP contribution is 2.36. The smallest absolute Gasteiger partial charge is 0.343 e. The third-order valence-electron chi connectivity index (χ3n) is 3.30. The highest BCUT2D eigenvalue weighted by atomic mass is 16.4. The fourth-order valence-corrected chi connectivity index (χ4v) is 2.13. The van der Waals surface area contributed by atoms with Crippen molar-refractivity contribution in [2.45, 2.75) is 13.8 Å². The molecular weight excluding hydrogens is 260 g/mol. The number of phenols is 1. The van der Waals surface area contributed by atoms with Crippen LogP contribution in [0.15, 0.2) is 37.9 Å². The molecule has 20 heavy (non-hydrogen) atoms. The third kappa shape index (κ3) is 1.67. The predicted molar refractivity (Wildman–Crippen MR) is 73.0 cm³/mol. The molecule has 0 amide bonds. The second kappa shape index (κ2) is 4.16. The van der Waals surface area contributed by atoms with Crippen molar-refractivity contribution >= 4 is 11.0 Å². The van der Waals surface area contributed by atoms with E-state index < -0.39 is 5.63 Å². The first kappa shape index (κ1) is 12.3. The van der Waals surface area contributed by atoms with Gasteiger partial charge in [-0.1, -0.05) is 12.1 Å². The van der Waals surface area contributed by atoms with Gasteiger partial charge in [0.2, 0.25) is 0 Å². The summed E-state index contributed by atoms with van der Waals surface area (Å²) in [7, 11) is 0. The predicted octanol–water partition coefficient (Wildman–Crippen LogP) is 3.08. The minimum Gasteiger partial charge on any atom is -0.507 e. The normalized spacial score (nSPS) is 11.1. The van der Waals surface area contributed by atoms with E-state index in [0.717, 1.165) is 0 Å². The summed E-state index contributed by atoms with van der Waals surface area (Å²) in [6.07, 6.45) is 0. The van der Waals surface area contributed by atoms with Gasteiger partial charge in [-0.25, -0.2) is 4.79 Å². The van der Waals surface area contributed by atoms with E-state index in [1.54, 1.807) is 25.1 Å². The minimum atomic E-state index is -0.618. The van der Waals surface area contributed by atoms with Gasteiger partial charge in [0.25, 0.3) is 0 Å². The number of benzene rings is 1. The number of hydrogen-bond donors (Lipinski definition) is 2. The first-order chi connectivity index (χ1) is 9.49. The van der Waals surface area contributed by atoms with Gasteiger partial charge in [-0.3, -0.25) is 0 Å². The Hall–Kier alpha value is -2.69. The van der Waals surface area contributed by atoms with E-state index in [9.17, 15) is 15.0 Å². The monoisotopic (exact) mass is 272 g/mol. The first-order valence-corrected chi connectivity index (χ1v) is 6.04. The van der Waals surface area contributed by atoms with Crippen LogP contribution in [0.3, 0.4) is 0 Å². The Balaban J connectivity index is 2.31. The lowest BCUT2D eigenvalue weighted by atomic mass is 10.1. The third-order valence-corrected chi connectivity index (χ3v) is 3.30. The Kier molecular flexibility index (Phi) is 2.57.